The predicted molar refractivity (Wildman–Crippen MR) is 141 cm³/mol. The fraction of sp³-hybridized carbons (Fsp3) is 0.103. The average molecular weight is 501 g/mol. The Balaban J connectivity index is 1.67. The van der Waals surface area contributed by atoms with Crippen LogP contribution < -0.4 is 10.1 Å². The molecule has 0 aliphatic carbocycles. The van der Waals surface area contributed by atoms with Crippen LogP contribution in [0.15, 0.2) is 90.5 Å². The quantitative estimate of drug-likeness (QED) is 0.211. The van der Waals surface area contributed by atoms with Crippen LogP contribution in [0.5, 0.6) is 5.75 Å². The predicted octanol–water partition coefficient (Wildman–Crippen LogP) is 7.51. The van der Waals surface area contributed by atoms with Crippen LogP contribution >= 0.6 is 23.2 Å². The van der Waals surface area contributed by atoms with Crippen molar-refractivity contribution in [2.75, 3.05) is 0 Å². The van der Waals surface area contributed by atoms with E-state index in [1.165, 1.54) is 0 Å². The van der Waals surface area contributed by atoms with Gasteiger partial charge in [-0.05, 0) is 47.5 Å². The molecule has 0 fully saturated rings. The first-order valence-corrected chi connectivity index (χ1v) is 11.8. The zero-order valence-electron chi connectivity index (χ0n) is 19.0. The number of halogens is 2. The number of nitrogens with one attached hydrogen (secondary N) is 1. The number of amides is 1. The summed E-state index contributed by atoms with van der Waals surface area (Å²) in [6, 6.07) is 28.1. The van der Waals surface area contributed by atoms with Crippen LogP contribution in [-0.2, 0) is 11.4 Å². The molecule has 0 radical (unpaired) electrons. The molecule has 0 bridgehead atoms. The van der Waals surface area contributed by atoms with Crippen LogP contribution in [0.3, 0.4) is 0 Å². The second-order valence-corrected chi connectivity index (χ2v) is 8.84. The molecule has 6 heteroatoms. The Morgan fingerprint density at radius 2 is 1.77 bits per heavy atom. The van der Waals surface area contributed by atoms with Gasteiger partial charge >= 0.3 is 0 Å². The maximum absolute atomic E-state index is 13.0. The number of nitriles is 1. The minimum atomic E-state index is -0.455. The van der Waals surface area contributed by atoms with Crippen molar-refractivity contribution in [3.05, 3.63) is 117 Å². The third-order valence-electron chi connectivity index (χ3n) is 5.63. The zero-order chi connectivity index (χ0) is 24.8. The molecule has 4 rings (SSSR count). The van der Waals surface area contributed by atoms with Crippen LogP contribution in [-0.4, -0.2) is 5.91 Å². The molecular weight excluding hydrogens is 479 g/mol. The van der Waals surface area contributed by atoms with Crippen molar-refractivity contribution in [3.63, 3.8) is 0 Å². The third kappa shape index (κ3) is 5.84. The smallest absolute Gasteiger partial charge is 0.262 e. The molecule has 0 aromatic heterocycles. The molecule has 0 unspecified atom stereocenters. The van der Waals surface area contributed by atoms with E-state index in [-0.39, 0.29) is 18.2 Å². The second-order valence-electron chi connectivity index (χ2n) is 8.00. The molecule has 0 spiro atoms. The minimum Gasteiger partial charge on any atom is -0.488 e. The van der Waals surface area contributed by atoms with Crippen LogP contribution in [0.2, 0.25) is 10.0 Å². The third-order valence-corrected chi connectivity index (χ3v) is 6.22. The normalized spacial score (nSPS) is 12.1. The van der Waals surface area contributed by atoms with E-state index in [2.05, 4.69) is 5.32 Å². The van der Waals surface area contributed by atoms with Gasteiger partial charge in [-0.2, -0.15) is 5.26 Å². The number of carbonyl (C=O) groups is 1. The molecule has 0 saturated carbocycles. The Hall–Kier alpha value is -3.78. The summed E-state index contributed by atoms with van der Waals surface area (Å²) in [6.07, 6.45) is 1.58. The first-order chi connectivity index (χ1) is 17.0. The van der Waals surface area contributed by atoms with Gasteiger partial charge in [0.1, 0.15) is 24.0 Å². The van der Waals surface area contributed by atoms with Crippen molar-refractivity contribution in [3.8, 4) is 11.8 Å². The Morgan fingerprint density at radius 3 is 2.51 bits per heavy atom. The molecule has 0 heterocycles. The molecule has 0 aliphatic heterocycles. The molecule has 1 N–H and O–H groups in total. The highest BCUT2D eigenvalue weighted by molar-refractivity contribution is 6.35. The lowest BCUT2D eigenvalue weighted by Crippen LogP contribution is -2.27. The Bertz CT molecular complexity index is 1440. The van der Waals surface area contributed by atoms with Gasteiger partial charge in [-0.15, -0.1) is 0 Å². The van der Waals surface area contributed by atoms with E-state index in [1.807, 2.05) is 79.7 Å². The summed E-state index contributed by atoms with van der Waals surface area (Å²) in [6.45, 7) is 2.08. The lowest BCUT2D eigenvalue weighted by molar-refractivity contribution is -0.117. The Kier molecular flexibility index (Phi) is 7.72. The molecule has 4 aromatic carbocycles. The van der Waals surface area contributed by atoms with Gasteiger partial charge in [-0.1, -0.05) is 89.9 Å². The summed E-state index contributed by atoms with van der Waals surface area (Å²) in [5.41, 5.74) is 2.35. The largest absolute Gasteiger partial charge is 0.488 e. The Morgan fingerprint density at radius 1 is 1.03 bits per heavy atom. The highest BCUT2D eigenvalue weighted by Gasteiger charge is 2.16. The van der Waals surface area contributed by atoms with Crippen molar-refractivity contribution >= 4 is 46.0 Å². The van der Waals surface area contributed by atoms with Gasteiger partial charge in [-0.3, -0.25) is 4.79 Å². The van der Waals surface area contributed by atoms with E-state index >= 15 is 0 Å². The highest BCUT2D eigenvalue weighted by Crippen LogP contribution is 2.32. The molecular formula is C29H22Cl2N2O2. The second kappa shape index (κ2) is 11.1. The van der Waals surface area contributed by atoms with Gasteiger partial charge in [0.15, 0.2) is 0 Å². The van der Waals surface area contributed by atoms with E-state index in [4.69, 9.17) is 27.9 Å². The monoisotopic (exact) mass is 500 g/mol. The molecule has 0 aliphatic rings. The lowest BCUT2D eigenvalue weighted by Gasteiger charge is -2.15. The van der Waals surface area contributed by atoms with E-state index in [9.17, 15) is 10.1 Å². The van der Waals surface area contributed by atoms with Crippen molar-refractivity contribution in [2.24, 2.45) is 0 Å². The number of nitrogens with zero attached hydrogens (tertiary/aromatic N) is 1. The maximum atomic E-state index is 13.0. The van der Waals surface area contributed by atoms with E-state index < -0.39 is 5.91 Å². The van der Waals surface area contributed by atoms with Gasteiger partial charge in [0.25, 0.3) is 5.91 Å². The van der Waals surface area contributed by atoms with Crippen LogP contribution in [0.4, 0.5) is 0 Å². The van der Waals surface area contributed by atoms with Crippen LogP contribution in [0.1, 0.15) is 29.7 Å². The van der Waals surface area contributed by atoms with E-state index in [0.717, 1.165) is 21.9 Å². The van der Waals surface area contributed by atoms with Crippen molar-refractivity contribution in [1.29, 1.82) is 5.26 Å². The number of ether oxygens (including phenoxy) is 1. The van der Waals surface area contributed by atoms with Crippen LogP contribution in [0, 0.1) is 11.3 Å². The van der Waals surface area contributed by atoms with Gasteiger partial charge in [0, 0.05) is 21.2 Å². The van der Waals surface area contributed by atoms with E-state index in [0.29, 0.717) is 21.4 Å². The van der Waals surface area contributed by atoms with E-state index in [1.54, 1.807) is 24.3 Å². The summed E-state index contributed by atoms with van der Waals surface area (Å²) in [5, 5.41) is 15.6. The zero-order valence-corrected chi connectivity index (χ0v) is 20.5. The number of hydrogen-bond donors (Lipinski definition) is 1. The SMILES string of the molecule is C[C@H](NC(=O)/C(C#N)=C\c1c(OCc2ccc(Cl)cc2Cl)ccc2ccccc12)c1ccccc1. The molecule has 1 amide bonds. The van der Waals surface area contributed by atoms with Gasteiger partial charge in [-0.25, -0.2) is 0 Å². The molecule has 174 valence electrons. The molecule has 4 aromatic rings. The van der Waals surface area contributed by atoms with Gasteiger partial charge in [0.2, 0.25) is 0 Å². The van der Waals surface area contributed by atoms with Gasteiger partial charge < -0.3 is 10.1 Å². The standard InChI is InChI=1S/C29H22Cl2N2O2/c1-19(20-7-3-2-4-8-20)33-29(34)23(17-32)15-26-25-10-6-5-9-21(25)12-14-28(26)35-18-22-11-13-24(30)16-27(22)31/h2-16,19H,18H2,1H3,(H,33,34)/b23-15-/t19-/m0/s1. The van der Waals surface area contributed by atoms with Gasteiger partial charge in [0.05, 0.1) is 6.04 Å². The molecule has 1 atom stereocenters. The van der Waals surface area contributed by atoms with Crippen molar-refractivity contribution < 1.29 is 9.53 Å². The number of hydrogen-bond acceptors (Lipinski definition) is 3. The maximum Gasteiger partial charge on any atom is 0.262 e. The molecule has 35 heavy (non-hydrogen) atoms. The number of benzene rings is 4. The Labute approximate surface area is 214 Å². The highest BCUT2D eigenvalue weighted by atomic mass is 35.5. The number of fused-ring (bicyclic) bond motifs is 1. The van der Waals surface area contributed by atoms with Crippen molar-refractivity contribution in [1.82, 2.24) is 5.32 Å². The number of rotatable bonds is 7. The summed E-state index contributed by atoms with van der Waals surface area (Å²) >= 11 is 12.3. The molecule has 0 saturated heterocycles. The van der Waals surface area contributed by atoms with Crippen molar-refractivity contribution in [2.45, 2.75) is 19.6 Å². The lowest BCUT2D eigenvalue weighted by atomic mass is 10.0. The minimum absolute atomic E-state index is 0.0153. The average Bonchev–Trinajstić information content (AvgIpc) is 2.87. The van der Waals surface area contributed by atoms with Crippen LogP contribution in [0.25, 0.3) is 16.8 Å². The topological polar surface area (TPSA) is 62.1 Å². The summed E-state index contributed by atoms with van der Waals surface area (Å²) < 4.78 is 6.11. The fourth-order valence-electron chi connectivity index (χ4n) is 3.74. The summed E-state index contributed by atoms with van der Waals surface area (Å²) in [5.74, 6) is 0.0786. The number of carbonyl (C=O) groups excluding carboxylic acids is 1. The summed E-state index contributed by atoms with van der Waals surface area (Å²) in [4.78, 5) is 13.0. The first-order valence-electron chi connectivity index (χ1n) is 11.0. The molecule has 4 nitrogen and oxygen atoms in total. The summed E-state index contributed by atoms with van der Waals surface area (Å²) in [7, 11) is 0. The first kappa shape index (κ1) is 24.3. The fourth-order valence-corrected chi connectivity index (χ4v) is 4.20.